The molecule has 0 saturated heterocycles. The summed E-state index contributed by atoms with van der Waals surface area (Å²) < 4.78 is 1.20. The Balaban J connectivity index is 2.89. The van der Waals surface area contributed by atoms with Gasteiger partial charge in [0.2, 0.25) is 0 Å². The molecule has 2 unspecified atom stereocenters. The highest BCUT2D eigenvalue weighted by atomic mass is 79.9. The number of hydrazine groups is 1. The lowest BCUT2D eigenvalue weighted by molar-refractivity contribution is 0.388. The number of hydrogen-bond acceptors (Lipinski definition) is 3. The van der Waals surface area contributed by atoms with Gasteiger partial charge in [0.05, 0.1) is 9.83 Å². The average molecular weight is 277 g/mol. The van der Waals surface area contributed by atoms with Gasteiger partial charge in [-0.1, -0.05) is 20.3 Å². The number of rotatable bonds is 4. The summed E-state index contributed by atoms with van der Waals surface area (Å²) in [7, 11) is 0. The summed E-state index contributed by atoms with van der Waals surface area (Å²) in [5, 5.41) is 0. The molecule has 2 atom stereocenters. The molecule has 1 aromatic heterocycles. The van der Waals surface area contributed by atoms with Gasteiger partial charge in [-0.15, -0.1) is 11.3 Å². The van der Waals surface area contributed by atoms with Crippen molar-refractivity contribution < 1.29 is 0 Å². The van der Waals surface area contributed by atoms with Crippen molar-refractivity contribution in [2.75, 3.05) is 0 Å². The van der Waals surface area contributed by atoms with Crippen LogP contribution in [0.4, 0.5) is 0 Å². The van der Waals surface area contributed by atoms with Gasteiger partial charge in [0.25, 0.3) is 0 Å². The van der Waals surface area contributed by atoms with Gasteiger partial charge in [-0.2, -0.15) is 0 Å². The molecule has 2 nitrogen and oxygen atoms in total. The van der Waals surface area contributed by atoms with Gasteiger partial charge in [0, 0.05) is 4.88 Å². The number of aryl methyl sites for hydroxylation is 1. The number of thiophene rings is 1. The summed E-state index contributed by atoms with van der Waals surface area (Å²) >= 11 is 5.30. The first-order valence-electron chi connectivity index (χ1n) is 4.82. The van der Waals surface area contributed by atoms with Gasteiger partial charge in [-0.25, -0.2) is 0 Å². The first-order chi connectivity index (χ1) is 6.60. The minimum Gasteiger partial charge on any atom is -0.271 e. The standard InChI is InChI=1S/C10H17BrN2S/c1-4-6(2)9(13-12)8-5-7(3)10(11)14-8/h5-6,9,13H,4,12H2,1-3H3. The van der Waals surface area contributed by atoms with E-state index >= 15 is 0 Å². The molecule has 4 heteroatoms. The van der Waals surface area contributed by atoms with Crippen LogP contribution >= 0.6 is 27.3 Å². The van der Waals surface area contributed by atoms with E-state index in [-0.39, 0.29) is 6.04 Å². The molecule has 3 N–H and O–H groups in total. The van der Waals surface area contributed by atoms with Crippen molar-refractivity contribution in [3.05, 3.63) is 20.3 Å². The fourth-order valence-electron chi connectivity index (χ4n) is 1.40. The van der Waals surface area contributed by atoms with Crippen LogP contribution in [0.5, 0.6) is 0 Å². The van der Waals surface area contributed by atoms with Crippen LogP contribution in [0.2, 0.25) is 0 Å². The maximum absolute atomic E-state index is 5.58. The Hall–Kier alpha value is 0.1000. The lowest BCUT2D eigenvalue weighted by Crippen LogP contribution is -2.31. The molecule has 0 saturated carbocycles. The fraction of sp³-hybridized carbons (Fsp3) is 0.600. The lowest BCUT2D eigenvalue weighted by Gasteiger charge is -2.20. The van der Waals surface area contributed by atoms with Crippen LogP contribution in [0.25, 0.3) is 0 Å². The molecular formula is C10H17BrN2S. The van der Waals surface area contributed by atoms with Gasteiger partial charge in [0.1, 0.15) is 0 Å². The Labute approximate surface area is 98.0 Å². The maximum atomic E-state index is 5.58. The second-order valence-electron chi connectivity index (χ2n) is 3.64. The van der Waals surface area contributed by atoms with Crippen molar-refractivity contribution in [2.24, 2.45) is 11.8 Å². The normalized spacial score (nSPS) is 15.5. The average Bonchev–Trinajstić information content (AvgIpc) is 2.48. The predicted molar refractivity (Wildman–Crippen MR) is 66.3 cm³/mol. The molecule has 0 aliphatic carbocycles. The number of hydrogen-bond donors (Lipinski definition) is 2. The van der Waals surface area contributed by atoms with Crippen molar-refractivity contribution in [1.82, 2.24) is 5.43 Å². The predicted octanol–water partition coefficient (Wildman–Crippen LogP) is 3.37. The van der Waals surface area contributed by atoms with Crippen molar-refractivity contribution in [3.8, 4) is 0 Å². The summed E-state index contributed by atoms with van der Waals surface area (Å²) in [4.78, 5) is 1.31. The molecule has 0 bridgehead atoms. The number of halogens is 1. The highest BCUT2D eigenvalue weighted by Crippen LogP contribution is 2.34. The van der Waals surface area contributed by atoms with Crippen LogP contribution in [0, 0.1) is 12.8 Å². The molecular weight excluding hydrogens is 260 g/mol. The SMILES string of the molecule is CCC(C)C(NN)c1cc(C)c(Br)s1. The van der Waals surface area contributed by atoms with E-state index in [0.717, 1.165) is 6.42 Å². The number of nitrogens with two attached hydrogens (primary N) is 1. The van der Waals surface area contributed by atoms with Crippen LogP contribution in [0.3, 0.4) is 0 Å². The third-order valence-corrected chi connectivity index (χ3v) is 4.80. The minimum atomic E-state index is 0.273. The summed E-state index contributed by atoms with van der Waals surface area (Å²) in [5.74, 6) is 6.14. The van der Waals surface area contributed by atoms with E-state index in [9.17, 15) is 0 Å². The Kier molecular flexibility index (Phi) is 4.57. The van der Waals surface area contributed by atoms with Crippen molar-refractivity contribution in [1.29, 1.82) is 0 Å². The van der Waals surface area contributed by atoms with Crippen LogP contribution in [0.15, 0.2) is 9.85 Å². The van der Waals surface area contributed by atoms with E-state index in [1.54, 1.807) is 11.3 Å². The van der Waals surface area contributed by atoms with Crippen molar-refractivity contribution in [3.63, 3.8) is 0 Å². The van der Waals surface area contributed by atoms with E-state index in [2.05, 4.69) is 48.2 Å². The van der Waals surface area contributed by atoms with Crippen molar-refractivity contribution >= 4 is 27.3 Å². The first-order valence-corrected chi connectivity index (χ1v) is 6.43. The lowest BCUT2D eigenvalue weighted by atomic mass is 9.98. The molecule has 0 aliphatic rings. The Morgan fingerprint density at radius 1 is 1.64 bits per heavy atom. The third kappa shape index (κ3) is 2.57. The van der Waals surface area contributed by atoms with Gasteiger partial charge in [-0.05, 0) is 40.4 Å². The zero-order valence-electron chi connectivity index (χ0n) is 8.80. The minimum absolute atomic E-state index is 0.273. The van der Waals surface area contributed by atoms with Crippen molar-refractivity contribution in [2.45, 2.75) is 33.2 Å². The maximum Gasteiger partial charge on any atom is 0.0731 e. The summed E-state index contributed by atoms with van der Waals surface area (Å²) in [6.07, 6.45) is 1.13. The monoisotopic (exact) mass is 276 g/mol. The molecule has 80 valence electrons. The fourth-order valence-corrected chi connectivity index (χ4v) is 3.16. The Bertz CT molecular complexity index is 279. The topological polar surface area (TPSA) is 38.0 Å². The third-order valence-electron chi connectivity index (χ3n) is 2.58. The second kappa shape index (κ2) is 5.26. The Morgan fingerprint density at radius 2 is 2.29 bits per heavy atom. The summed E-state index contributed by atoms with van der Waals surface area (Å²) in [6.45, 7) is 6.51. The van der Waals surface area contributed by atoms with Gasteiger partial charge in [-0.3, -0.25) is 11.3 Å². The second-order valence-corrected chi connectivity index (χ2v) is 6.04. The van der Waals surface area contributed by atoms with Crippen LogP contribution in [-0.4, -0.2) is 0 Å². The Morgan fingerprint density at radius 3 is 2.64 bits per heavy atom. The molecule has 0 fully saturated rings. The van der Waals surface area contributed by atoms with Crippen LogP contribution in [0.1, 0.15) is 36.8 Å². The quantitative estimate of drug-likeness (QED) is 0.654. The zero-order chi connectivity index (χ0) is 10.7. The highest BCUT2D eigenvalue weighted by Gasteiger charge is 2.19. The summed E-state index contributed by atoms with van der Waals surface area (Å²) in [5.41, 5.74) is 4.18. The van der Waals surface area contributed by atoms with E-state index in [1.165, 1.54) is 14.2 Å². The van der Waals surface area contributed by atoms with E-state index in [1.807, 2.05) is 0 Å². The molecule has 14 heavy (non-hydrogen) atoms. The molecule has 0 spiro atoms. The zero-order valence-corrected chi connectivity index (χ0v) is 11.2. The number of nitrogens with one attached hydrogen (secondary N) is 1. The molecule has 0 aromatic carbocycles. The van der Waals surface area contributed by atoms with E-state index in [4.69, 9.17) is 5.84 Å². The summed E-state index contributed by atoms with van der Waals surface area (Å²) in [6, 6.07) is 2.47. The van der Waals surface area contributed by atoms with Gasteiger partial charge in [0.15, 0.2) is 0 Å². The van der Waals surface area contributed by atoms with E-state index in [0.29, 0.717) is 5.92 Å². The van der Waals surface area contributed by atoms with E-state index < -0.39 is 0 Å². The highest BCUT2D eigenvalue weighted by molar-refractivity contribution is 9.11. The molecule has 1 heterocycles. The van der Waals surface area contributed by atoms with Gasteiger partial charge < -0.3 is 0 Å². The molecule has 1 aromatic rings. The van der Waals surface area contributed by atoms with Gasteiger partial charge >= 0.3 is 0 Å². The van der Waals surface area contributed by atoms with Crippen LogP contribution < -0.4 is 11.3 Å². The smallest absolute Gasteiger partial charge is 0.0731 e. The molecule has 0 amide bonds. The first kappa shape index (κ1) is 12.2. The van der Waals surface area contributed by atoms with Crippen LogP contribution in [-0.2, 0) is 0 Å². The molecule has 0 radical (unpaired) electrons. The molecule has 1 rings (SSSR count). The largest absolute Gasteiger partial charge is 0.271 e. The molecule has 0 aliphatic heterocycles.